The van der Waals surface area contributed by atoms with Crippen LogP contribution in [0.25, 0.3) is 0 Å². The molecule has 1 aromatic rings. The Morgan fingerprint density at radius 2 is 2.25 bits per heavy atom. The molecule has 1 heterocycles. The standard InChI is InChI=1S/C13H21N3O3S/c1-9(4-3-5-12(17)18)15-13(19)14-7-6-11-8-20-10(2)16-11/h8-9H,3-7H2,1-2H3,(H,17,18)(H2,14,15,19). The maximum atomic E-state index is 11.6. The zero-order valence-electron chi connectivity index (χ0n) is 11.8. The normalized spacial score (nSPS) is 11.9. The number of carbonyl (C=O) groups excluding carboxylic acids is 1. The van der Waals surface area contributed by atoms with Crippen LogP contribution in [0.4, 0.5) is 4.79 Å². The lowest BCUT2D eigenvalue weighted by molar-refractivity contribution is -0.137. The van der Waals surface area contributed by atoms with Crippen LogP contribution in [0, 0.1) is 6.92 Å². The molecule has 0 aliphatic heterocycles. The number of carboxylic acids is 1. The lowest BCUT2D eigenvalue weighted by atomic mass is 10.1. The molecule has 3 N–H and O–H groups in total. The number of amides is 2. The number of aliphatic carboxylic acids is 1. The molecule has 20 heavy (non-hydrogen) atoms. The third kappa shape index (κ3) is 7.08. The van der Waals surface area contributed by atoms with Gasteiger partial charge in [0.05, 0.1) is 10.7 Å². The van der Waals surface area contributed by atoms with E-state index in [1.807, 2.05) is 19.2 Å². The maximum Gasteiger partial charge on any atom is 0.315 e. The fraction of sp³-hybridized carbons (Fsp3) is 0.615. The number of carboxylic acid groups (broad SMARTS) is 1. The molecule has 1 unspecified atom stereocenters. The number of thiazole rings is 1. The summed E-state index contributed by atoms with van der Waals surface area (Å²) in [5, 5.41) is 17.1. The Labute approximate surface area is 122 Å². The number of carbonyl (C=O) groups is 2. The Kier molecular flexibility index (Phi) is 7.00. The number of urea groups is 1. The van der Waals surface area contributed by atoms with Gasteiger partial charge in [0.15, 0.2) is 0 Å². The van der Waals surface area contributed by atoms with E-state index < -0.39 is 5.97 Å². The van der Waals surface area contributed by atoms with Gasteiger partial charge in [-0.3, -0.25) is 4.79 Å². The van der Waals surface area contributed by atoms with Crippen molar-refractivity contribution in [3.05, 3.63) is 16.1 Å². The van der Waals surface area contributed by atoms with E-state index >= 15 is 0 Å². The van der Waals surface area contributed by atoms with Crippen molar-refractivity contribution in [2.75, 3.05) is 6.54 Å². The Morgan fingerprint density at radius 1 is 1.50 bits per heavy atom. The minimum atomic E-state index is -0.805. The molecule has 0 aliphatic rings. The van der Waals surface area contributed by atoms with E-state index in [0.29, 0.717) is 25.8 Å². The van der Waals surface area contributed by atoms with E-state index in [9.17, 15) is 9.59 Å². The Hall–Kier alpha value is -1.63. The zero-order chi connectivity index (χ0) is 15.0. The predicted octanol–water partition coefficient (Wildman–Crippen LogP) is 1.94. The van der Waals surface area contributed by atoms with Crippen molar-refractivity contribution >= 4 is 23.3 Å². The molecule has 1 aromatic heterocycles. The molecule has 0 bridgehead atoms. The first-order valence-electron chi connectivity index (χ1n) is 6.64. The summed E-state index contributed by atoms with van der Waals surface area (Å²) in [4.78, 5) is 26.3. The summed E-state index contributed by atoms with van der Waals surface area (Å²) in [5.41, 5.74) is 0.988. The highest BCUT2D eigenvalue weighted by Gasteiger charge is 2.08. The molecular weight excluding hydrogens is 278 g/mol. The van der Waals surface area contributed by atoms with E-state index in [-0.39, 0.29) is 18.5 Å². The first kappa shape index (κ1) is 16.4. The highest BCUT2D eigenvalue weighted by molar-refractivity contribution is 7.09. The number of rotatable bonds is 8. The zero-order valence-corrected chi connectivity index (χ0v) is 12.6. The van der Waals surface area contributed by atoms with Crippen molar-refractivity contribution in [3.63, 3.8) is 0 Å². The average Bonchev–Trinajstić information content (AvgIpc) is 2.74. The molecule has 112 valence electrons. The van der Waals surface area contributed by atoms with Crippen LogP contribution in [0.1, 0.15) is 36.9 Å². The van der Waals surface area contributed by atoms with Gasteiger partial charge in [0, 0.05) is 30.8 Å². The van der Waals surface area contributed by atoms with Crippen LogP contribution in [0.2, 0.25) is 0 Å². The summed E-state index contributed by atoms with van der Waals surface area (Å²) in [6.07, 6.45) is 2.07. The predicted molar refractivity (Wildman–Crippen MR) is 78.0 cm³/mol. The third-order valence-corrected chi connectivity index (χ3v) is 3.56. The van der Waals surface area contributed by atoms with Crippen LogP contribution in [0.15, 0.2) is 5.38 Å². The van der Waals surface area contributed by atoms with Gasteiger partial charge in [-0.2, -0.15) is 0 Å². The fourth-order valence-corrected chi connectivity index (χ4v) is 2.38. The molecule has 0 saturated heterocycles. The summed E-state index contributed by atoms with van der Waals surface area (Å²) < 4.78 is 0. The Morgan fingerprint density at radius 3 is 2.85 bits per heavy atom. The fourth-order valence-electron chi connectivity index (χ4n) is 1.73. The van der Waals surface area contributed by atoms with E-state index in [4.69, 9.17) is 5.11 Å². The second-order valence-corrected chi connectivity index (χ2v) is 5.76. The number of nitrogens with zero attached hydrogens (tertiary/aromatic N) is 1. The Bertz CT molecular complexity index is 448. The smallest absolute Gasteiger partial charge is 0.315 e. The Balaban J connectivity index is 2.11. The SMILES string of the molecule is Cc1nc(CCNC(=O)NC(C)CCCC(=O)O)cs1. The molecule has 7 heteroatoms. The van der Waals surface area contributed by atoms with Crippen LogP contribution in [-0.4, -0.2) is 34.7 Å². The second-order valence-electron chi connectivity index (χ2n) is 4.70. The van der Waals surface area contributed by atoms with Gasteiger partial charge in [-0.25, -0.2) is 9.78 Å². The first-order chi connectivity index (χ1) is 9.47. The number of nitrogens with one attached hydrogen (secondary N) is 2. The van der Waals surface area contributed by atoms with Crippen LogP contribution in [0.3, 0.4) is 0 Å². The van der Waals surface area contributed by atoms with Gasteiger partial charge in [0.2, 0.25) is 0 Å². The third-order valence-electron chi connectivity index (χ3n) is 2.74. The van der Waals surface area contributed by atoms with Gasteiger partial charge < -0.3 is 15.7 Å². The molecule has 0 saturated carbocycles. The van der Waals surface area contributed by atoms with Crippen LogP contribution in [-0.2, 0) is 11.2 Å². The number of hydrogen-bond donors (Lipinski definition) is 3. The molecule has 2 amide bonds. The topological polar surface area (TPSA) is 91.3 Å². The number of aryl methyl sites for hydroxylation is 1. The van der Waals surface area contributed by atoms with Crippen LogP contribution >= 0.6 is 11.3 Å². The lowest BCUT2D eigenvalue weighted by Crippen LogP contribution is -2.41. The number of hydrogen-bond acceptors (Lipinski definition) is 4. The van der Waals surface area contributed by atoms with Crippen LogP contribution < -0.4 is 10.6 Å². The summed E-state index contributed by atoms with van der Waals surface area (Å²) in [6.45, 7) is 4.36. The van der Waals surface area contributed by atoms with Crippen molar-refractivity contribution in [1.29, 1.82) is 0 Å². The van der Waals surface area contributed by atoms with Gasteiger partial charge in [0.25, 0.3) is 0 Å². The minimum Gasteiger partial charge on any atom is -0.481 e. The largest absolute Gasteiger partial charge is 0.481 e. The highest BCUT2D eigenvalue weighted by Crippen LogP contribution is 2.07. The lowest BCUT2D eigenvalue weighted by Gasteiger charge is -2.13. The second kappa shape index (κ2) is 8.52. The molecule has 0 radical (unpaired) electrons. The summed E-state index contributed by atoms with van der Waals surface area (Å²) >= 11 is 1.60. The van der Waals surface area contributed by atoms with Gasteiger partial charge >= 0.3 is 12.0 Å². The van der Waals surface area contributed by atoms with E-state index in [0.717, 1.165) is 10.7 Å². The molecule has 1 atom stereocenters. The van der Waals surface area contributed by atoms with Gasteiger partial charge in [0.1, 0.15) is 0 Å². The van der Waals surface area contributed by atoms with Gasteiger partial charge in [-0.1, -0.05) is 0 Å². The van der Waals surface area contributed by atoms with Crippen LogP contribution in [0.5, 0.6) is 0 Å². The number of aromatic nitrogens is 1. The minimum absolute atomic E-state index is 0.0316. The van der Waals surface area contributed by atoms with E-state index in [1.165, 1.54) is 0 Å². The van der Waals surface area contributed by atoms with Crippen molar-refractivity contribution in [2.24, 2.45) is 0 Å². The van der Waals surface area contributed by atoms with Crippen molar-refractivity contribution in [3.8, 4) is 0 Å². The monoisotopic (exact) mass is 299 g/mol. The average molecular weight is 299 g/mol. The summed E-state index contributed by atoms with van der Waals surface area (Å²) in [7, 11) is 0. The molecule has 0 fully saturated rings. The van der Waals surface area contributed by atoms with Crippen molar-refractivity contribution in [1.82, 2.24) is 15.6 Å². The molecule has 0 aromatic carbocycles. The molecule has 0 spiro atoms. The summed E-state index contributed by atoms with van der Waals surface area (Å²) in [6, 6.07) is -0.254. The molecule has 1 rings (SSSR count). The quantitative estimate of drug-likeness (QED) is 0.684. The molecule has 6 nitrogen and oxygen atoms in total. The highest BCUT2D eigenvalue weighted by atomic mass is 32.1. The van der Waals surface area contributed by atoms with E-state index in [2.05, 4.69) is 15.6 Å². The molecular formula is C13H21N3O3S. The first-order valence-corrected chi connectivity index (χ1v) is 7.52. The maximum absolute atomic E-state index is 11.6. The summed E-state index contributed by atoms with van der Waals surface area (Å²) in [5.74, 6) is -0.805. The van der Waals surface area contributed by atoms with Gasteiger partial charge in [-0.15, -0.1) is 11.3 Å². The van der Waals surface area contributed by atoms with Crippen molar-refractivity contribution in [2.45, 2.75) is 45.6 Å². The van der Waals surface area contributed by atoms with E-state index in [1.54, 1.807) is 11.3 Å². The van der Waals surface area contributed by atoms with Crippen molar-refractivity contribution < 1.29 is 14.7 Å². The molecule has 0 aliphatic carbocycles. The van der Waals surface area contributed by atoms with Gasteiger partial charge in [-0.05, 0) is 26.7 Å².